The fourth-order valence-corrected chi connectivity index (χ4v) is 1.92. The van der Waals surface area contributed by atoms with Crippen molar-refractivity contribution in [3.8, 4) is 6.07 Å². The number of rotatable bonds is 3. The molecule has 1 amide bonds. The van der Waals surface area contributed by atoms with Crippen molar-refractivity contribution in [1.82, 2.24) is 0 Å². The van der Waals surface area contributed by atoms with Gasteiger partial charge in [0.2, 0.25) is 5.91 Å². The molecule has 0 spiro atoms. The highest BCUT2D eigenvalue weighted by Crippen LogP contribution is 2.23. The molecule has 0 radical (unpaired) electrons. The first-order valence-electron chi connectivity index (χ1n) is 5.59. The van der Waals surface area contributed by atoms with Crippen LogP contribution >= 0.6 is 0 Å². The topological polar surface area (TPSA) is 78.2 Å². The Labute approximate surface area is 113 Å². The molecule has 102 valence electrons. The minimum atomic E-state index is -3.53. The van der Waals surface area contributed by atoms with Crippen molar-refractivity contribution in [2.24, 2.45) is 0 Å². The average Bonchev–Trinajstić information content (AvgIpc) is 2.35. The van der Waals surface area contributed by atoms with E-state index in [2.05, 4.69) is 0 Å². The van der Waals surface area contributed by atoms with Crippen molar-refractivity contribution >= 4 is 21.4 Å². The molecule has 0 fully saturated rings. The molecule has 1 rings (SSSR count). The second kappa shape index (κ2) is 5.02. The highest BCUT2D eigenvalue weighted by atomic mass is 32.2. The lowest BCUT2D eigenvalue weighted by molar-refractivity contribution is -0.120. The van der Waals surface area contributed by atoms with Crippen LogP contribution in [0.4, 0.5) is 5.69 Å². The van der Waals surface area contributed by atoms with Crippen LogP contribution in [-0.2, 0) is 14.6 Å². The zero-order valence-electron chi connectivity index (χ0n) is 11.3. The predicted molar refractivity (Wildman–Crippen MR) is 73.5 cm³/mol. The maximum absolute atomic E-state index is 12.3. The quantitative estimate of drug-likeness (QED) is 0.837. The lowest BCUT2D eigenvalue weighted by Crippen LogP contribution is -2.48. The third-order valence-corrected chi connectivity index (χ3v) is 5.14. The Kier molecular flexibility index (Phi) is 4.01. The number of nitriles is 1. The van der Waals surface area contributed by atoms with Gasteiger partial charge in [-0.15, -0.1) is 0 Å². The molecule has 0 aliphatic heterocycles. The van der Waals surface area contributed by atoms with Gasteiger partial charge in [-0.1, -0.05) is 6.07 Å². The SMILES string of the molecule is CN(C(=O)C(C)(C)S(C)(=O)=O)c1cccc(C#N)c1. The highest BCUT2D eigenvalue weighted by Gasteiger charge is 2.40. The van der Waals surface area contributed by atoms with Gasteiger partial charge in [-0.3, -0.25) is 4.79 Å². The van der Waals surface area contributed by atoms with Crippen molar-refractivity contribution in [1.29, 1.82) is 5.26 Å². The highest BCUT2D eigenvalue weighted by molar-refractivity contribution is 7.92. The van der Waals surface area contributed by atoms with Crippen LogP contribution in [0.25, 0.3) is 0 Å². The molecule has 5 nitrogen and oxygen atoms in total. The third kappa shape index (κ3) is 2.93. The monoisotopic (exact) mass is 280 g/mol. The Bertz CT molecular complexity index is 642. The number of carbonyl (C=O) groups is 1. The largest absolute Gasteiger partial charge is 0.314 e. The van der Waals surface area contributed by atoms with Gasteiger partial charge in [0.15, 0.2) is 9.84 Å². The molecule has 1 aromatic rings. The summed E-state index contributed by atoms with van der Waals surface area (Å²) in [5.74, 6) is -0.537. The summed E-state index contributed by atoms with van der Waals surface area (Å²) in [6.45, 7) is 2.74. The summed E-state index contributed by atoms with van der Waals surface area (Å²) in [4.78, 5) is 13.5. The van der Waals surface area contributed by atoms with Gasteiger partial charge < -0.3 is 4.90 Å². The van der Waals surface area contributed by atoms with E-state index in [1.807, 2.05) is 6.07 Å². The van der Waals surface area contributed by atoms with Gasteiger partial charge in [-0.2, -0.15) is 5.26 Å². The number of sulfone groups is 1. The summed E-state index contributed by atoms with van der Waals surface area (Å²) in [5.41, 5.74) is 0.898. The van der Waals surface area contributed by atoms with E-state index >= 15 is 0 Å². The molecule has 1 aromatic carbocycles. The Morgan fingerprint density at radius 1 is 1.37 bits per heavy atom. The summed E-state index contributed by atoms with van der Waals surface area (Å²) in [6.07, 6.45) is 1.03. The molecule has 6 heteroatoms. The zero-order chi connectivity index (χ0) is 14.8. The first-order chi connectivity index (χ1) is 8.61. The first-order valence-corrected chi connectivity index (χ1v) is 7.48. The fourth-order valence-electron chi connectivity index (χ4n) is 1.46. The van der Waals surface area contributed by atoms with Crippen molar-refractivity contribution in [3.63, 3.8) is 0 Å². The van der Waals surface area contributed by atoms with Gasteiger partial charge in [-0.25, -0.2) is 8.42 Å². The molecule has 0 heterocycles. The predicted octanol–water partition coefficient (Wildman–Crippen LogP) is 1.34. The molecule has 0 aromatic heterocycles. The Morgan fingerprint density at radius 2 is 1.95 bits per heavy atom. The summed E-state index contributed by atoms with van der Waals surface area (Å²) >= 11 is 0. The standard InChI is InChI=1S/C13H16N2O3S/c1-13(2,19(4,17)18)12(16)15(3)11-7-5-6-10(8-11)9-14/h5-8H,1-4H3. The van der Waals surface area contributed by atoms with Gasteiger partial charge in [0.1, 0.15) is 4.75 Å². The summed E-state index contributed by atoms with van der Waals surface area (Å²) in [5, 5.41) is 8.82. The van der Waals surface area contributed by atoms with Crippen LogP contribution in [0.2, 0.25) is 0 Å². The second-order valence-corrected chi connectivity index (χ2v) is 7.37. The van der Waals surface area contributed by atoms with E-state index in [4.69, 9.17) is 5.26 Å². The van der Waals surface area contributed by atoms with Crippen molar-refractivity contribution in [3.05, 3.63) is 29.8 Å². The van der Waals surface area contributed by atoms with Crippen LogP contribution in [0, 0.1) is 11.3 Å². The van der Waals surface area contributed by atoms with Crippen LogP contribution in [0.15, 0.2) is 24.3 Å². The molecule has 0 N–H and O–H groups in total. The van der Waals surface area contributed by atoms with Gasteiger partial charge in [-0.05, 0) is 32.0 Å². The van der Waals surface area contributed by atoms with Crippen LogP contribution in [-0.4, -0.2) is 32.4 Å². The minimum absolute atomic E-state index is 0.411. The number of benzene rings is 1. The normalized spacial score (nSPS) is 11.7. The number of hydrogen-bond donors (Lipinski definition) is 0. The van der Waals surface area contributed by atoms with E-state index in [0.717, 1.165) is 6.26 Å². The number of hydrogen-bond acceptors (Lipinski definition) is 4. The van der Waals surface area contributed by atoms with Crippen LogP contribution in [0.1, 0.15) is 19.4 Å². The molecule has 0 saturated heterocycles. The fraction of sp³-hybridized carbons (Fsp3) is 0.385. The van der Waals surface area contributed by atoms with Crippen LogP contribution in [0.5, 0.6) is 0 Å². The molecule has 0 bridgehead atoms. The van der Waals surface area contributed by atoms with E-state index in [-0.39, 0.29) is 0 Å². The molecule has 0 aliphatic rings. The first kappa shape index (κ1) is 15.2. The average molecular weight is 280 g/mol. The number of anilines is 1. The van der Waals surface area contributed by atoms with E-state index in [9.17, 15) is 13.2 Å². The van der Waals surface area contributed by atoms with Crippen molar-refractivity contribution in [2.45, 2.75) is 18.6 Å². The van der Waals surface area contributed by atoms with Gasteiger partial charge in [0, 0.05) is 19.0 Å². The minimum Gasteiger partial charge on any atom is -0.314 e. The van der Waals surface area contributed by atoms with Crippen LogP contribution in [0.3, 0.4) is 0 Å². The molecular weight excluding hydrogens is 264 g/mol. The maximum atomic E-state index is 12.3. The molecular formula is C13H16N2O3S. The van der Waals surface area contributed by atoms with E-state index in [1.54, 1.807) is 18.2 Å². The van der Waals surface area contributed by atoms with Gasteiger partial charge in [0.05, 0.1) is 11.6 Å². The number of amides is 1. The molecule has 19 heavy (non-hydrogen) atoms. The summed E-state index contributed by atoms with van der Waals surface area (Å²) in [7, 11) is -2.03. The summed E-state index contributed by atoms with van der Waals surface area (Å²) < 4.78 is 21.8. The zero-order valence-corrected chi connectivity index (χ0v) is 12.2. The lowest BCUT2D eigenvalue weighted by Gasteiger charge is -2.27. The van der Waals surface area contributed by atoms with Gasteiger partial charge in [0.25, 0.3) is 0 Å². The third-order valence-electron chi connectivity index (χ3n) is 3.11. The van der Waals surface area contributed by atoms with Gasteiger partial charge >= 0.3 is 0 Å². The maximum Gasteiger partial charge on any atom is 0.247 e. The van der Waals surface area contributed by atoms with Crippen molar-refractivity contribution < 1.29 is 13.2 Å². The number of nitrogens with zero attached hydrogens (tertiary/aromatic N) is 2. The molecule has 0 unspecified atom stereocenters. The van der Waals surface area contributed by atoms with E-state index in [0.29, 0.717) is 11.3 Å². The molecule has 0 aliphatic carbocycles. The lowest BCUT2D eigenvalue weighted by atomic mass is 10.1. The van der Waals surface area contributed by atoms with E-state index < -0.39 is 20.5 Å². The smallest absolute Gasteiger partial charge is 0.247 e. The molecule has 0 atom stereocenters. The Morgan fingerprint density at radius 3 is 2.42 bits per heavy atom. The van der Waals surface area contributed by atoms with Crippen LogP contribution < -0.4 is 4.90 Å². The molecule has 0 saturated carbocycles. The van der Waals surface area contributed by atoms with E-state index in [1.165, 1.54) is 31.9 Å². The second-order valence-electron chi connectivity index (χ2n) is 4.81. The Hall–Kier alpha value is -1.87. The number of carbonyl (C=O) groups excluding carboxylic acids is 1. The van der Waals surface area contributed by atoms with Crippen molar-refractivity contribution in [2.75, 3.05) is 18.2 Å². The summed E-state index contributed by atoms with van der Waals surface area (Å²) in [6, 6.07) is 8.42. The Balaban J connectivity index is 3.17.